The van der Waals surface area contributed by atoms with Gasteiger partial charge in [0.05, 0.1) is 10.2 Å². The zero-order valence-electron chi connectivity index (χ0n) is 14.2. The van der Waals surface area contributed by atoms with E-state index in [0.29, 0.717) is 31.8 Å². The standard InChI is InChI=1S/C19H19FN4OS/c1-2-14(5-3-4-8-21)18(25)23-9-11-24(12-10-23)19-22-16-7-6-15(20)13-17(16)26-19/h2-8,13,21H,1,9-12H2/b4-3-,14-5+,21-8?. The maximum absolute atomic E-state index is 13.3. The van der Waals surface area contributed by atoms with Gasteiger partial charge >= 0.3 is 0 Å². The number of aromatic nitrogens is 1. The van der Waals surface area contributed by atoms with Crippen molar-refractivity contribution in [2.24, 2.45) is 0 Å². The number of benzene rings is 1. The van der Waals surface area contributed by atoms with E-state index in [1.165, 1.54) is 29.5 Å². The van der Waals surface area contributed by atoms with Crippen LogP contribution in [0, 0.1) is 11.2 Å². The monoisotopic (exact) mass is 370 g/mol. The minimum absolute atomic E-state index is 0.0688. The Hall–Kier alpha value is -2.80. The van der Waals surface area contributed by atoms with E-state index in [2.05, 4.69) is 16.5 Å². The van der Waals surface area contributed by atoms with Gasteiger partial charge in [0.15, 0.2) is 5.13 Å². The third kappa shape index (κ3) is 3.88. The number of piperazine rings is 1. The predicted molar refractivity (Wildman–Crippen MR) is 105 cm³/mol. The molecule has 0 unspecified atom stereocenters. The van der Waals surface area contributed by atoms with E-state index < -0.39 is 0 Å². The maximum atomic E-state index is 13.3. The summed E-state index contributed by atoms with van der Waals surface area (Å²) in [6, 6.07) is 4.60. The van der Waals surface area contributed by atoms with Crippen molar-refractivity contribution in [3.63, 3.8) is 0 Å². The summed E-state index contributed by atoms with van der Waals surface area (Å²) < 4.78 is 14.2. The third-order valence-corrected chi connectivity index (χ3v) is 5.21. The molecule has 1 aromatic carbocycles. The van der Waals surface area contributed by atoms with E-state index in [1.54, 1.807) is 29.2 Å². The topological polar surface area (TPSA) is 60.3 Å². The van der Waals surface area contributed by atoms with Crippen LogP contribution in [0.1, 0.15) is 0 Å². The van der Waals surface area contributed by atoms with Crippen LogP contribution in [-0.2, 0) is 4.79 Å². The normalized spacial score (nSPS) is 15.7. The summed E-state index contributed by atoms with van der Waals surface area (Å²) >= 11 is 1.47. The molecule has 0 radical (unpaired) electrons. The molecular formula is C19H19FN4OS. The van der Waals surface area contributed by atoms with Gasteiger partial charge in [-0.3, -0.25) is 4.79 Å². The molecule has 1 aliphatic rings. The van der Waals surface area contributed by atoms with Crippen molar-refractivity contribution in [2.45, 2.75) is 0 Å². The number of nitrogens with one attached hydrogen (secondary N) is 1. The number of anilines is 1. The summed E-state index contributed by atoms with van der Waals surface area (Å²) in [5.74, 6) is -0.329. The number of hydrogen-bond acceptors (Lipinski definition) is 5. The smallest absolute Gasteiger partial charge is 0.253 e. The van der Waals surface area contributed by atoms with Crippen LogP contribution in [0.4, 0.5) is 9.52 Å². The van der Waals surface area contributed by atoms with Gasteiger partial charge in [-0.25, -0.2) is 9.37 Å². The second kappa shape index (κ2) is 8.05. The van der Waals surface area contributed by atoms with E-state index in [0.717, 1.165) is 21.6 Å². The van der Waals surface area contributed by atoms with Crippen molar-refractivity contribution < 1.29 is 9.18 Å². The number of allylic oxidation sites excluding steroid dienone is 3. The summed E-state index contributed by atoms with van der Waals surface area (Å²) in [4.78, 5) is 21.0. The second-order valence-corrected chi connectivity index (χ2v) is 6.77. The predicted octanol–water partition coefficient (Wildman–Crippen LogP) is 3.40. The van der Waals surface area contributed by atoms with Crippen LogP contribution in [0.25, 0.3) is 10.2 Å². The van der Waals surface area contributed by atoms with E-state index >= 15 is 0 Å². The summed E-state index contributed by atoms with van der Waals surface area (Å²) in [6.45, 7) is 6.22. The van der Waals surface area contributed by atoms with E-state index in [4.69, 9.17) is 5.41 Å². The largest absolute Gasteiger partial charge is 0.345 e. The molecule has 0 aliphatic carbocycles. The van der Waals surface area contributed by atoms with Gasteiger partial charge in [-0.05, 0) is 30.4 Å². The first kappa shape index (κ1) is 18.0. The molecule has 0 bridgehead atoms. The van der Waals surface area contributed by atoms with Crippen molar-refractivity contribution in [3.8, 4) is 0 Å². The van der Waals surface area contributed by atoms with Gasteiger partial charge in [0.1, 0.15) is 5.82 Å². The van der Waals surface area contributed by atoms with Gasteiger partial charge in [-0.1, -0.05) is 30.1 Å². The number of halogens is 1. The average Bonchev–Trinajstić information content (AvgIpc) is 3.08. The van der Waals surface area contributed by atoms with E-state index in [9.17, 15) is 9.18 Å². The third-order valence-electron chi connectivity index (χ3n) is 4.13. The Kier molecular flexibility index (Phi) is 5.58. The lowest BCUT2D eigenvalue weighted by Gasteiger charge is -2.34. The Labute approximate surface area is 155 Å². The maximum Gasteiger partial charge on any atom is 0.253 e. The molecule has 1 aliphatic heterocycles. The summed E-state index contributed by atoms with van der Waals surface area (Å²) in [5, 5.41) is 7.82. The first-order chi connectivity index (χ1) is 12.6. The van der Waals surface area contributed by atoms with Gasteiger partial charge in [-0.15, -0.1) is 0 Å². The molecule has 2 heterocycles. The van der Waals surface area contributed by atoms with Crippen molar-refractivity contribution in [1.82, 2.24) is 9.88 Å². The van der Waals surface area contributed by atoms with Gasteiger partial charge in [-0.2, -0.15) is 0 Å². The zero-order chi connectivity index (χ0) is 18.5. The summed E-state index contributed by atoms with van der Waals surface area (Å²) in [7, 11) is 0. The lowest BCUT2D eigenvalue weighted by molar-refractivity contribution is -0.127. The molecule has 3 rings (SSSR count). The molecule has 7 heteroatoms. The fourth-order valence-corrected chi connectivity index (χ4v) is 3.79. The minimum atomic E-state index is -0.260. The highest BCUT2D eigenvalue weighted by molar-refractivity contribution is 7.22. The number of hydrogen-bond donors (Lipinski definition) is 1. The van der Waals surface area contributed by atoms with Crippen LogP contribution in [0.5, 0.6) is 0 Å². The number of nitrogens with zero attached hydrogens (tertiary/aromatic N) is 3. The van der Waals surface area contributed by atoms with Crippen molar-refractivity contribution in [3.05, 3.63) is 60.5 Å². The number of carbonyl (C=O) groups is 1. The van der Waals surface area contributed by atoms with Gasteiger partial charge in [0, 0.05) is 38.0 Å². The van der Waals surface area contributed by atoms with Gasteiger partial charge in [0.25, 0.3) is 5.91 Å². The van der Waals surface area contributed by atoms with Crippen molar-refractivity contribution in [2.75, 3.05) is 31.1 Å². The lowest BCUT2D eigenvalue weighted by Crippen LogP contribution is -2.49. The van der Waals surface area contributed by atoms with Gasteiger partial charge in [0.2, 0.25) is 0 Å². The summed E-state index contributed by atoms with van der Waals surface area (Å²) in [6.07, 6.45) is 7.55. The van der Waals surface area contributed by atoms with Crippen LogP contribution in [0.2, 0.25) is 0 Å². The highest BCUT2D eigenvalue weighted by Crippen LogP contribution is 2.30. The van der Waals surface area contributed by atoms with Gasteiger partial charge < -0.3 is 15.2 Å². The zero-order valence-corrected chi connectivity index (χ0v) is 15.0. The van der Waals surface area contributed by atoms with Crippen molar-refractivity contribution >= 4 is 38.8 Å². The van der Waals surface area contributed by atoms with Crippen molar-refractivity contribution in [1.29, 1.82) is 5.41 Å². The second-order valence-electron chi connectivity index (χ2n) is 5.77. The van der Waals surface area contributed by atoms with Crippen LogP contribution < -0.4 is 4.90 Å². The minimum Gasteiger partial charge on any atom is -0.345 e. The molecule has 0 spiro atoms. The first-order valence-corrected chi connectivity index (χ1v) is 9.04. The first-order valence-electron chi connectivity index (χ1n) is 8.22. The number of fused-ring (bicyclic) bond motifs is 1. The molecule has 1 saturated heterocycles. The molecule has 1 fully saturated rings. The molecular weight excluding hydrogens is 351 g/mol. The van der Waals surface area contributed by atoms with E-state index in [-0.39, 0.29) is 11.7 Å². The van der Waals surface area contributed by atoms with Crippen LogP contribution in [0.3, 0.4) is 0 Å². The summed E-state index contributed by atoms with van der Waals surface area (Å²) in [5.41, 5.74) is 1.30. The van der Waals surface area contributed by atoms with Crippen LogP contribution in [0.15, 0.2) is 54.7 Å². The van der Waals surface area contributed by atoms with Crippen LogP contribution in [-0.4, -0.2) is 48.2 Å². The lowest BCUT2D eigenvalue weighted by atomic mass is 10.2. The Balaban J connectivity index is 1.67. The molecule has 0 saturated carbocycles. The highest BCUT2D eigenvalue weighted by Gasteiger charge is 2.24. The molecule has 2 aromatic rings. The number of thiazole rings is 1. The molecule has 1 amide bonds. The number of rotatable bonds is 5. The Bertz CT molecular complexity index is 894. The fourth-order valence-electron chi connectivity index (χ4n) is 2.75. The molecule has 134 valence electrons. The molecule has 1 N–H and O–H groups in total. The average molecular weight is 370 g/mol. The van der Waals surface area contributed by atoms with Crippen LogP contribution >= 0.6 is 11.3 Å². The molecule has 0 atom stereocenters. The molecule has 1 aromatic heterocycles. The molecule has 5 nitrogen and oxygen atoms in total. The fraction of sp³-hybridized carbons (Fsp3) is 0.211. The number of amides is 1. The Morgan fingerprint density at radius 2 is 2.04 bits per heavy atom. The molecule has 26 heavy (non-hydrogen) atoms. The Morgan fingerprint density at radius 1 is 1.27 bits per heavy atom. The number of carbonyl (C=O) groups excluding carboxylic acids is 1. The Morgan fingerprint density at radius 3 is 2.73 bits per heavy atom. The quantitative estimate of drug-likeness (QED) is 0.498. The highest BCUT2D eigenvalue weighted by atomic mass is 32.1. The van der Waals surface area contributed by atoms with E-state index in [1.807, 2.05) is 0 Å². The SMILES string of the molecule is C=C/C(=C\C=C/C=N)C(=O)N1CCN(c2nc3ccc(F)cc3s2)CC1.